The van der Waals surface area contributed by atoms with Crippen LogP contribution in [0.2, 0.25) is 0 Å². The summed E-state index contributed by atoms with van der Waals surface area (Å²) in [6.45, 7) is 2.50. The Bertz CT molecular complexity index is 419. The molecule has 0 aromatic heterocycles. The van der Waals surface area contributed by atoms with Crippen LogP contribution < -0.4 is 5.32 Å². The third-order valence-electron chi connectivity index (χ3n) is 3.04. The van der Waals surface area contributed by atoms with Gasteiger partial charge >= 0.3 is 5.97 Å². The number of nitrogens with one attached hydrogen (secondary N) is 1. The Kier molecular flexibility index (Phi) is 2.92. The van der Waals surface area contributed by atoms with Crippen molar-refractivity contribution in [1.29, 1.82) is 0 Å². The van der Waals surface area contributed by atoms with Crippen molar-refractivity contribution in [3.8, 4) is 0 Å². The van der Waals surface area contributed by atoms with E-state index in [1.54, 1.807) is 12.1 Å². The first-order chi connectivity index (χ1) is 7.59. The zero-order valence-corrected chi connectivity index (χ0v) is 9.03. The van der Waals surface area contributed by atoms with Gasteiger partial charge < -0.3 is 10.4 Å². The maximum absolute atomic E-state index is 13.6. The topological polar surface area (TPSA) is 49.3 Å². The lowest BCUT2D eigenvalue weighted by Crippen LogP contribution is -2.34. The fourth-order valence-electron chi connectivity index (χ4n) is 2.25. The van der Waals surface area contributed by atoms with E-state index >= 15 is 0 Å². The van der Waals surface area contributed by atoms with Crippen molar-refractivity contribution in [3.05, 3.63) is 35.1 Å². The van der Waals surface area contributed by atoms with Crippen LogP contribution in [0.3, 0.4) is 0 Å². The van der Waals surface area contributed by atoms with Gasteiger partial charge in [0, 0.05) is 5.92 Å². The molecule has 2 atom stereocenters. The second kappa shape index (κ2) is 4.22. The first-order valence-corrected chi connectivity index (χ1v) is 5.32. The first-order valence-electron chi connectivity index (χ1n) is 5.32. The summed E-state index contributed by atoms with van der Waals surface area (Å²) in [6, 6.07) is 4.17. The van der Waals surface area contributed by atoms with Gasteiger partial charge in [-0.2, -0.15) is 0 Å². The molecule has 1 aromatic rings. The maximum Gasteiger partial charge on any atom is 0.321 e. The molecule has 16 heavy (non-hydrogen) atoms. The number of hydrogen-bond acceptors (Lipinski definition) is 2. The van der Waals surface area contributed by atoms with Gasteiger partial charge in [-0.25, -0.2) is 4.39 Å². The number of hydrogen-bond donors (Lipinski definition) is 2. The van der Waals surface area contributed by atoms with Gasteiger partial charge in [0.1, 0.15) is 11.9 Å². The number of carbonyl (C=O) groups is 1. The highest BCUT2D eigenvalue weighted by molar-refractivity contribution is 5.75. The minimum Gasteiger partial charge on any atom is -0.480 e. The lowest BCUT2D eigenvalue weighted by molar-refractivity contribution is -0.139. The van der Waals surface area contributed by atoms with Gasteiger partial charge in [-0.3, -0.25) is 4.79 Å². The monoisotopic (exact) mass is 223 g/mol. The molecule has 4 heteroatoms. The predicted molar refractivity (Wildman–Crippen MR) is 57.9 cm³/mol. The van der Waals surface area contributed by atoms with Gasteiger partial charge in [-0.1, -0.05) is 17.7 Å². The molecule has 1 aromatic carbocycles. The van der Waals surface area contributed by atoms with E-state index in [9.17, 15) is 9.18 Å². The number of aliphatic carboxylic acids is 1. The normalized spacial score (nSPS) is 24.6. The molecule has 0 spiro atoms. The Morgan fingerprint density at radius 1 is 1.56 bits per heavy atom. The molecular formula is C12H14FNO2. The quantitative estimate of drug-likeness (QED) is 0.801. The molecule has 86 valence electrons. The number of carboxylic acid groups (broad SMARTS) is 1. The van der Waals surface area contributed by atoms with Gasteiger partial charge in [-0.15, -0.1) is 0 Å². The molecule has 0 bridgehead atoms. The van der Waals surface area contributed by atoms with E-state index in [1.165, 1.54) is 6.07 Å². The molecular weight excluding hydrogens is 209 g/mol. The number of rotatable bonds is 2. The molecule has 0 saturated carbocycles. The summed E-state index contributed by atoms with van der Waals surface area (Å²) in [7, 11) is 0. The molecule has 3 nitrogen and oxygen atoms in total. The maximum atomic E-state index is 13.6. The number of benzene rings is 1. The SMILES string of the molecule is Cc1ccc(F)c(C2CCNC2C(=O)O)c1. The fourth-order valence-corrected chi connectivity index (χ4v) is 2.25. The molecule has 2 rings (SSSR count). The summed E-state index contributed by atoms with van der Waals surface area (Å²) in [5.74, 6) is -1.49. The predicted octanol–water partition coefficient (Wildman–Crippen LogP) is 1.66. The summed E-state index contributed by atoms with van der Waals surface area (Å²) >= 11 is 0. The van der Waals surface area contributed by atoms with Crippen LogP contribution in [0.1, 0.15) is 23.5 Å². The summed E-state index contributed by atoms with van der Waals surface area (Å²) in [5.41, 5.74) is 1.46. The summed E-state index contributed by atoms with van der Waals surface area (Å²) < 4.78 is 13.6. The van der Waals surface area contributed by atoms with Crippen LogP contribution in [-0.2, 0) is 4.79 Å². The molecule has 0 radical (unpaired) electrons. The van der Waals surface area contributed by atoms with Gasteiger partial charge in [0.25, 0.3) is 0 Å². The Balaban J connectivity index is 2.35. The third kappa shape index (κ3) is 1.93. The van der Waals surface area contributed by atoms with Gasteiger partial charge in [-0.05, 0) is 31.5 Å². The standard InChI is InChI=1S/C12H14FNO2/c1-7-2-3-10(13)9(6-7)8-4-5-14-11(8)12(15)16/h2-3,6,8,11,14H,4-5H2,1H3,(H,15,16). The van der Waals surface area contributed by atoms with Crippen molar-refractivity contribution in [2.24, 2.45) is 0 Å². The Hall–Kier alpha value is -1.42. The highest BCUT2D eigenvalue weighted by Gasteiger charge is 2.35. The molecule has 0 aliphatic carbocycles. The Morgan fingerprint density at radius 3 is 3.00 bits per heavy atom. The molecule has 1 fully saturated rings. The average molecular weight is 223 g/mol. The van der Waals surface area contributed by atoms with Crippen molar-refractivity contribution in [2.75, 3.05) is 6.54 Å². The van der Waals surface area contributed by atoms with Gasteiger partial charge in [0.15, 0.2) is 0 Å². The number of aryl methyl sites for hydroxylation is 1. The van der Waals surface area contributed by atoms with E-state index in [-0.39, 0.29) is 11.7 Å². The van der Waals surface area contributed by atoms with Crippen LogP contribution >= 0.6 is 0 Å². The van der Waals surface area contributed by atoms with Crippen LogP contribution in [0.4, 0.5) is 4.39 Å². The zero-order valence-electron chi connectivity index (χ0n) is 9.03. The van der Waals surface area contributed by atoms with Crippen molar-refractivity contribution in [3.63, 3.8) is 0 Å². The fraction of sp³-hybridized carbons (Fsp3) is 0.417. The Morgan fingerprint density at radius 2 is 2.31 bits per heavy atom. The second-order valence-corrected chi connectivity index (χ2v) is 4.19. The smallest absolute Gasteiger partial charge is 0.321 e. The molecule has 2 unspecified atom stereocenters. The van der Waals surface area contributed by atoms with E-state index < -0.39 is 12.0 Å². The first kappa shape index (κ1) is 11.1. The molecule has 2 N–H and O–H groups in total. The average Bonchev–Trinajstić information content (AvgIpc) is 2.70. The zero-order chi connectivity index (χ0) is 11.7. The molecule has 0 amide bonds. The molecule has 1 saturated heterocycles. The van der Waals surface area contributed by atoms with Crippen molar-refractivity contribution >= 4 is 5.97 Å². The van der Waals surface area contributed by atoms with Crippen LogP contribution in [-0.4, -0.2) is 23.7 Å². The summed E-state index contributed by atoms with van der Waals surface area (Å²) in [4.78, 5) is 11.0. The van der Waals surface area contributed by atoms with Crippen molar-refractivity contribution < 1.29 is 14.3 Å². The van der Waals surface area contributed by atoms with E-state index in [1.807, 2.05) is 6.92 Å². The van der Waals surface area contributed by atoms with Crippen LogP contribution in [0, 0.1) is 12.7 Å². The number of carboxylic acids is 1. The largest absolute Gasteiger partial charge is 0.480 e. The number of halogens is 1. The van der Waals surface area contributed by atoms with Crippen LogP contribution in [0.25, 0.3) is 0 Å². The minimum atomic E-state index is -0.914. The van der Waals surface area contributed by atoms with E-state index in [0.717, 1.165) is 5.56 Å². The molecule has 1 aliphatic rings. The highest BCUT2D eigenvalue weighted by atomic mass is 19.1. The van der Waals surface area contributed by atoms with E-state index in [0.29, 0.717) is 18.5 Å². The van der Waals surface area contributed by atoms with E-state index in [4.69, 9.17) is 5.11 Å². The Labute approximate surface area is 93.3 Å². The summed E-state index contributed by atoms with van der Waals surface area (Å²) in [5, 5.41) is 11.9. The van der Waals surface area contributed by atoms with Gasteiger partial charge in [0.05, 0.1) is 0 Å². The van der Waals surface area contributed by atoms with Crippen molar-refractivity contribution in [1.82, 2.24) is 5.32 Å². The molecule has 1 aliphatic heterocycles. The van der Waals surface area contributed by atoms with Crippen molar-refractivity contribution in [2.45, 2.75) is 25.3 Å². The minimum absolute atomic E-state index is 0.266. The third-order valence-corrected chi connectivity index (χ3v) is 3.04. The lowest BCUT2D eigenvalue weighted by Gasteiger charge is -2.17. The molecule has 1 heterocycles. The van der Waals surface area contributed by atoms with E-state index in [2.05, 4.69) is 5.32 Å². The van der Waals surface area contributed by atoms with Gasteiger partial charge in [0.2, 0.25) is 0 Å². The summed E-state index contributed by atoms with van der Waals surface area (Å²) in [6.07, 6.45) is 0.664. The van der Waals surface area contributed by atoms with Crippen LogP contribution in [0.15, 0.2) is 18.2 Å². The lowest BCUT2D eigenvalue weighted by atomic mass is 9.90. The highest BCUT2D eigenvalue weighted by Crippen LogP contribution is 2.30. The van der Waals surface area contributed by atoms with Crippen LogP contribution in [0.5, 0.6) is 0 Å². The second-order valence-electron chi connectivity index (χ2n) is 4.19.